The molecule has 0 aliphatic heterocycles. The molecular formula is C26H29KN6O3S. The van der Waals surface area contributed by atoms with Crippen LogP contribution < -0.4 is 61.4 Å². The Kier molecular flexibility index (Phi) is 9.25. The summed E-state index contributed by atoms with van der Waals surface area (Å²) in [4.78, 5) is 13.2. The number of ether oxygens (including phenoxy) is 1. The maximum atomic E-state index is 13.0. The van der Waals surface area contributed by atoms with Gasteiger partial charge < -0.3 is 24.3 Å². The molecule has 0 amide bonds. The predicted molar refractivity (Wildman–Crippen MR) is 140 cm³/mol. The molecule has 11 heteroatoms. The first kappa shape index (κ1) is 28.0. The average Bonchev–Trinajstić information content (AvgIpc) is 3.33. The van der Waals surface area contributed by atoms with E-state index < -0.39 is 10.0 Å². The van der Waals surface area contributed by atoms with Gasteiger partial charge in [0.15, 0.2) is 5.03 Å². The van der Waals surface area contributed by atoms with Crippen molar-refractivity contribution in [1.29, 1.82) is 0 Å². The van der Waals surface area contributed by atoms with Gasteiger partial charge in [0.25, 0.3) is 0 Å². The molecule has 0 radical (unpaired) electrons. The van der Waals surface area contributed by atoms with Crippen molar-refractivity contribution in [3.8, 4) is 5.75 Å². The summed E-state index contributed by atoms with van der Waals surface area (Å²) in [6, 6.07) is 13.2. The molecule has 5 rings (SSSR count). The van der Waals surface area contributed by atoms with Crippen LogP contribution in [0.3, 0.4) is 0 Å². The van der Waals surface area contributed by atoms with Crippen LogP contribution in [-0.4, -0.2) is 35.0 Å². The van der Waals surface area contributed by atoms with Gasteiger partial charge in [0.2, 0.25) is 10.0 Å². The first-order valence-corrected chi connectivity index (χ1v) is 13.5. The Morgan fingerprint density at radius 2 is 1.81 bits per heavy atom. The summed E-state index contributed by atoms with van der Waals surface area (Å²) in [7, 11) is -0.775. The smallest absolute Gasteiger partial charge is 0.497 e. The molecule has 0 unspecified atom stereocenters. The number of benzene rings is 2. The van der Waals surface area contributed by atoms with Gasteiger partial charge in [-0.25, -0.2) is 18.4 Å². The van der Waals surface area contributed by atoms with Crippen LogP contribution in [0.1, 0.15) is 37.7 Å². The van der Waals surface area contributed by atoms with Crippen LogP contribution in [0.15, 0.2) is 60.0 Å². The summed E-state index contributed by atoms with van der Waals surface area (Å²) in [6.45, 7) is 0. The molecule has 1 fully saturated rings. The molecule has 0 atom stereocenters. The van der Waals surface area contributed by atoms with Crippen molar-refractivity contribution in [1.82, 2.24) is 19.5 Å². The Morgan fingerprint density at radius 1 is 1.08 bits per heavy atom. The average molecular weight is 545 g/mol. The molecule has 4 aromatic rings. The third-order valence-electron chi connectivity index (χ3n) is 6.51. The zero-order valence-electron chi connectivity index (χ0n) is 21.4. The van der Waals surface area contributed by atoms with E-state index in [2.05, 4.69) is 26.1 Å². The van der Waals surface area contributed by atoms with Crippen LogP contribution in [0.2, 0.25) is 0 Å². The normalized spacial score (nSPS) is 14.2. The van der Waals surface area contributed by atoms with Gasteiger partial charge in [-0.3, -0.25) is 0 Å². The van der Waals surface area contributed by atoms with E-state index in [4.69, 9.17) is 9.72 Å². The second-order valence-electron chi connectivity index (χ2n) is 9.18. The van der Waals surface area contributed by atoms with Crippen molar-refractivity contribution >= 4 is 38.4 Å². The number of fused-ring (bicyclic) bond motifs is 1. The Morgan fingerprint density at radius 3 is 2.49 bits per heavy atom. The van der Waals surface area contributed by atoms with Crippen molar-refractivity contribution in [2.75, 3.05) is 12.4 Å². The number of imidazole rings is 1. The van der Waals surface area contributed by atoms with E-state index in [-0.39, 0.29) is 68.0 Å². The topological polar surface area (TPSA) is 113 Å². The van der Waals surface area contributed by atoms with Gasteiger partial charge in [0.1, 0.15) is 11.6 Å². The second-order valence-corrected chi connectivity index (χ2v) is 10.7. The molecule has 2 aromatic carbocycles. The van der Waals surface area contributed by atoms with Crippen LogP contribution in [-0.2, 0) is 23.5 Å². The Hall–Kier alpha value is -2.02. The van der Waals surface area contributed by atoms with E-state index >= 15 is 0 Å². The van der Waals surface area contributed by atoms with Crippen molar-refractivity contribution in [3.63, 3.8) is 0 Å². The third kappa shape index (κ3) is 6.71. The molecule has 188 valence electrons. The third-order valence-corrected chi connectivity index (χ3v) is 7.66. The summed E-state index contributed by atoms with van der Waals surface area (Å²) in [6.07, 6.45) is 9.99. The summed E-state index contributed by atoms with van der Waals surface area (Å²) < 4.78 is 37.1. The Labute approximate surface area is 259 Å². The molecule has 2 heterocycles. The number of rotatable bonds is 8. The van der Waals surface area contributed by atoms with Gasteiger partial charge in [0, 0.05) is 25.0 Å². The van der Waals surface area contributed by atoms with Crippen LogP contribution >= 0.6 is 0 Å². The number of sulfonamides is 1. The summed E-state index contributed by atoms with van der Waals surface area (Å²) >= 11 is 0. The van der Waals surface area contributed by atoms with Crippen LogP contribution in [0.25, 0.3) is 15.8 Å². The fraction of sp³-hybridized carbons (Fsp3) is 0.346. The van der Waals surface area contributed by atoms with Crippen molar-refractivity contribution < 1.29 is 64.5 Å². The first-order valence-electron chi connectivity index (χ1n) is 12.1. The zero-order chi connectivity index (χ0) is 25.1. The zero-order valence-corrected chi connectivity index (χ0v) is 25.3. The number of hydrogen-bond donors (Lipinski definition) is 1. The maximum absolute atomic E-state index is 13.0. The number of para-hydroxylation sites is 2. The van der Waals surface area contributed by atoms with E-state index in [0.717, 1.165) is 17.7 Å². The molecule has 1 aliphatic rings. The standard InChI is InChI=1S/C26H29N6O3S.K/c1-32-16-24(27-17-32)36(33,34)31-26-25(28-21-10-6-7-11-22(21)29-26)30-23-15-20(35-2)13-12-19(23)14-18-8-4-3-5-9-18;/h6-7,10-13,15-18H,3-5,8-9,14H2,1-2H3,(H-,28,29,30,31);/q-1;+1. The van der Waals surface area contributed by atoms with Crippen molar-refractivity contribution in [3.05, 3.63) is 65.3 Å². The van der Waals surface area contributed by atoms with Crippen LogP contribution in [0.4, 0.5) is 17.3 Å². The largest absolute Gasteiger partial charge is 1.00 e. The molecule has 0 saturated heterocycles. The molecule has 9 nitrogen and oxygen atoms in total. The SMILES string of the molecule is COc1ccc(CC2CCCCC2)c(Nc2nc3ccccc3nc2[N-]S(=O)(=O)c2cn(C)cn2)c1.[K+]. The molecule has 2 aromatic heterocycles. The van der Waals surface area contributed by atoms with Gasteiger partial charge in [0.05, 0.1) is 19.0 Å². The Bertz CT molecular complexity index is 1480. The van der Waals surface area contributed by atoms with Gasteiger partial charge in [-0.05, 0) is 41.4 Å². The quantitative estimate of drug-likeness (QED) is 0.339. The predicted octanol–water partition coefficient (Wildman–Crippen LogP) is 2.64. The molecule has 37 heavy (non-hydrogen) atoms. The van der Waals surface area contributed by atoms with Crippen molar-refractivity contribution in [2.24, 2.45) is 13.0 Å². The molecule has 1 aliphatic carbocycles. The molecular weight excluding hydrogens is 515 g/mol. The summed E-state index contributed by atoms with van der Waals surface area (Å²) in [5.41, 5.74) is 3.10. The second kappa shape index (κ2) is 12.2. The first-order chi connectivity index (χ1) is 17.4. The minimum Gasteiger partial charge on any atom is -0.497 e. The monoisotopic (exact) mass is 544 g/mol. The van der Waals surface area contributed by atoms with Gasteiger partial charge in [-0.2, -0.15) is 0 Å². The Balaban J connectivity index is 0.00000320. The number of nitrogens with zero attached hydrogens (tertiary/aromatic N) is 5. The number of aromatic nitrogens is 4. The van der Waals surface area contributed by atoms with E-state index in [9.17, 15) is 8.42 Å². The molecule has 1 saturated carbocycles. The van der Waals surface area contributed by atoms with Crippen LogP contribution in [0, 0.1) is 5.92 Å². The minimum atomic E-state index is -4.10. The van der Waals surface area contributed by atoms with E-state index in [1.54, 1.807) is 24.8 Å². The molecule has 0 spiro atoms. The fourth-order valence-corrected chi connectivity index (χ4v) is 5.56. The van der Waals surface area contributed by atoms with E-state index in [1.807, 2.05) is 30.3 Å². The number of aryl methyl sites for hydroxylation is 1. The van der Waals surface area contributed by atoms with Crippen LogP contribution in [0.5, 0.6) is 5.75 Å². The maximum Gasteiger partial charge on any atom is 1.00 e. The van der Waals surface area contributed by atoms with E-state index in [1.165, 1.54) is 44.6 Å². The fourth-order valence-electron chi connectivity index (χ4n) is 4.63. The van der Waals surface area contributed by atoms with E-state index in [0.29, 0.717) is 22.7 Å². The van der Waals surface area contributed by atoms with Gasteiger partial charge in [-0.15, -0.1) is 0 Å². The van der Waals surface area contributed by atoms with Gasteiger partial charge in [-0.1, -0.05) is 56.4 Å². The molecule has 0 bridgehead atoms. The van der Waals surface area contributed by atoms with Crippen molar-refractivity contribution in [2.45, 2.75) is 43.6 Å². The number of hydrogen-bond acceptors (Lipinski definition) is 7. The number of nitrogens with one attached hydrogen (secondary N) is 1. The summed E-state index contributed by atoms with van der Waals surface area (Å²) in [5, 5.41) is 3.19. The number of methoxy groups -OCH3 is 1. The summed E-state index contributed by atoms with van der Waals surface area (Å²) in [5.74, 6) is 1.54. The minimum absolute atomic E-state index is 0. The molecule has 1 N–H and O–H groups in total. The number of anilines is 2. The van der Waals surface area contributed by atoms with Gasteiger partial charge >= 0.3 is 51.4 Å².